The molecule has 4 nitrogen and oxygen atoms in total. The molecule has 1 aromatic rings. The highest BCUT2D eigenvalue weighted by molar-refractivity contribution is 14.0. The molecular weight excluding hydrogens is 401 g/mol. The molecule has 1 aliphatic heterocycles. The molecule has 0 aromatic heterocycles. The Bertz CT molecular complexity index is 553. The number of hydrogen-bond acceptors (Lipinski definition) is 2. The Balaban J connectivity index is 0.00000192. The molecule has 1 aromatic carbocycles. The van der Waals surface area contributed by atoms with Gasteiger partial charge in [-0.1, -0.05) is 6.07 Å². The predicted molar refractivity (Wildman–Crippen MR) is 106 cm³/mol. The number of aryl methyl sites for hydroxylation is 1. The smallest absolute Gasteiger partial charge is 0.194 e. The van der Waals surface area contributed by atoms with Crippen molar-refractivity contribution in [1.29, 1.82) is 0 Å². The molecule has 5 heteroatoms. The third kappa shape index (κ3) is 4.31. The van der Waals surface area contributed by atoms with E-state index >= 15 is 0 Å². The van der Waals surface area contributed by atoms with Crippen LogP contribution in [-0.4, -0.2) is 35.6 Å². The maximum atomic E-state index is 10.3. The lowest BCUT2D eigenvalue weighted by molar-refractivity contribution is 0.464. The van der Waals surface area contributed by atoms with Gasteiger partial charge < -0.3 is 15.3 Å². The van der Waals surface area contributed by atoms with Gasteiger partial charge in [-0.05, 0) is 62.6 Å². The highest BCUT2D eigenvalue weighted by Gasteiger charge is 2.18. The Labute approximate surface area is 156 Å². The van der Waals surface area contributed by atoms with Gasteiger partial charge >= 0.3 is 0 Å². The van der Waals surface area contributed by atoms with Crippen molar-refractivity contribution in [2.24, 2.45) is 4.99 Å². The maximum Gasteiger partial charge on any atom is 0.194 e. The number of rotatable bonds is 3. The van der Waals surface area contributed by atoms with Crippen LogP contribution in [0.2, 0.25) is 0 Å². The molecule has 1 heterocycles. The summed E-state index contributed by atoms with van der Waals surface area (Å²) in [6.45, 7) is 5.74. The van der Waals surface area contributed by atoms with E-state index in [-0.39, 0.29) is 24.0 Å². The number of halogens is 1. The van der Waals surface area contributed by atoms with Crippen molar-refractivity contribution in [2.75, 3.05) is 19.6 Å². The van der Waals surface area contributed by atoms with Crippen LogP contribution in [0.15, 0.2) is 17.1 Å². The predicted octanol–water partition coefficient (Wildman–Crippen LogP) is 3.45. The summed E-state index contributed by atoms with van der Waals surface area (Å²) in [5, 5.41) is 13.7. The molecule has 0 atom stereocenters. The summed E-state index contributed by atoms with van der Waals surface area (Å²) in [6.07, 6.45) is 7.19. The fourth-order valence-electron chi connectivity index (χ4n) is 3.58. The summed E-state index contributed by atoms with van der Waals surface area (Å²) < 4.78 is 0. The van der Waals surface area contributed by atoms with Gasteiger partial charge in [-0.2, -0.15) is 0 Å². The maximum absolute atomic E-state index is 10.3. The molecule has 128 valence electrons. The second-order valence-electron chi connectivity index (χ2n) is 6.27. The molecule has 2 N–H and O–H groups in total. The molecule has 0 saturated carbocycles. The molecule has 0 radical (unpaired) electrons. The van der Waals surface area contributed by atoms with Crippen LogP contribution >= 0.6 is 24.0 Å². The molecule has 1 saturated heterocycles. The van der Waals surface area contributed by atoms with Crippen LogP contribution < -0.4 is 5.32 Å². The van der Waals surface area contributed by atoms with E-state index in [0.717, 1.165) is 44.0 Å². The normalized spacial score (nSPS) is 17.6. The first kappa shape index (κ1) is 18.4. The van der Waals surface area contributed by atoms with Gasteiger partial charge in [-0.3, -0.25) is 0 Å². The lowest BCUT2D eigenvalue weighted by Gasteiger charge is -2.22. The zero-order valence-corrected chi connectivity index (χ0v) is 16.3. The monoisotopic (exact) mass is 429 g/mol. The Kier molecular flexibility index (Phi) is 6.99. The van der Waals surface area contributed by atoms with Crippen molar-refractivity contribution in [2.45, 2.75) is 52.0 Å². The molecule has 0 unspecified atom stereocenters. The van der Waals surface area contributed by atoms with Gasteiger partial charge in [0.05, 0.1) is 6.54 Å². The van der Waals surface area contributed by atoms with Crippen molar-refractivity contribution in [3.05, 3.63) is 28.8 Å². The molecule has 0 bridgehead atoms. The molecule has 3 rings (SSSR count). The van der Waals surface area contributed by atoms with E-state index in [0.29, 0.717) is 12.3 Å². The highest BCUT2D eigenvalue weighted by Crippen LogP contribution is 2.31. The first-order chi connectivity index (χ1) is 10.8. The minimum atomic E-state index is 0. The summed E-state index contributed by atoms with van der Waals surface area (Å²) in [4.78, 5) is 7.14. The molecule has 1 aliphatic carbocycles. The summed E-state index contributed by atoms with van der Waals surface area (Å²) in [5.41, 5.74) is 3.78. The van der Waals surface area contributed by atoms with Gasteiger partial charge in [0.2, 0.25) is 0 Å². The van der Waals surface area contributed by atoms with Crippen molar-refractivity contribution in [3.8, 4) is 5.75 Å². The number of benzene rings is 1. The van der Waals surface area contributed by atoms with Crippen LogP contribution in [0.3, 0.4) is 0 Å². The third-order valence-electron chi connectivity index (χ3n) is 4.75. The number of fused-ring (bicyclic) bond motifs is 1. The highest BCUT2D eigenvalue weighted by atomic mass is 127. The number of likely N-dealkylation sites (tertiary alicyclic amines) is 1. The largest absolute Gasteiger partial charge is 0.508 e. The SMILES string of the molecule is CCNC(=NCc1c(O)ccc2c1CCCC2)N1CCCC1.I. The number of nitrogens with one attached hydrogen (secondary N) is 1. The van der Waals surface area contributed by atoms with Crippen LogP contribution in [-0.2, 0) is 19.4 Å². The average molecular weight is 429 g/mol. The van der Waals surface area contributed by atoms with Crippen molar-refractivity contribution in [3.63, 3.8) is 0 Å². The van der Waals surface area contributed by atoms with Gasteiger partial charge in [0.1, 0.15) is 5.75 Å². The minimum Gasteiger partial charge on any atom is -0.508 e. The van der Waals surface area contributed by atoms with Crippen molar-refractivity contribution < 1.29 is 5.11 Å². The summed E-state index contributed by atoms with van der Waals surface area (Å²) in [5.74, 6) is 1.40. The number of phenolic OH excluding ortho intramolecular Hbond substituents is 1. The number of guanidine groups is 1. The van der Waals surface area contributed by atoms with E-state index in [4.69, 9.17) is 4.99 Å². The van der Waals surface area contributed by atoms with Crippen LogP contribution in [0.25, 0.3) is 0 Å². The fourth-order valence-corrected chi connectivity index (χ4v) is 3.58. The Morgan fingerprint density at radius 2 is 1.91 bits per heavy atom. The zero-order valence-electron chi connectivity index (χ0n) is 14.0. The van der Waals surface area contributed by atoms with Gasteiger partial charge in [0.25, 0.3) is 0 Å². The Hall–Kier alpha value is -0.980. The van der Waals surface area contributed by atoms with Crippen molar-refractivity contribution >= 4 is 29.9 Å². The molecule has 1 fully saturated rings. The quantitative estimate of drug-likeness (QED) is 0.440. The molecular formula is C18H28IN3O. The van der Waals surface area contributed by atoms with Crippen LogP contribution in [0.4, 0.5) is 0 Å². The molecule has 0 spiro atoms. The Morgan fingerprint density at radius 1 is 1.17 bits per heavy atom. The second kappa shape index (κ2) is 8.76. The van der Waals surface area contributed by atoms with E-state index in [9.17, 15) is 5.11 Å². The average Bonchev–Trinajstić information content (AvgIpc) is 3.07. The molecule has 2 aliphatic rings. The fraction of sp³-hybridized carbons (Fsp3) is 0.611. The van der Waals surface area contributed by atoms with E-state index in [2.05, 4.69) is 23.2 Å². The third-order valence-corrected chi connectivity index (χ3v) is 4.75. The minimum absolute atomic E-state index is 0. The molecule has 0 amide bonds. The number of nitrogens with zero attached hydrogens (tertiary/aromatic N) is 2. The topological polar surface area (TPSA) is 47.9 Å². The zero-order chi connectivity index (χ0) is 15.4. The van der Waals surface area contributed by atoms with Gasteiger partial charge in [-0.15, -0.1) is 24.0 Å². The lowest BCUT2D eigenvalue weighted by atomic mass is 9.88. The summed E-state index contributed by atoms with van der Waals surface area (Å²) in [6, 6.07) is 3.93. The van der Waals surface area contributed by atoms with Crippen molar-refractivity contribution in [1.82, 2.24) is 10.2 Å². The number of aliphatic imine (C=N–C) groups is 1. The standard InChI is InChI=1S/C18H27N3O.HI/c1-2-19-18(21-11-5-6-12-21)20-13-16-15-8-4-3-7-14(15)9-10-17(16)22;/h9-10,22H,2-8,11-13H2,1H3,(H,19,20);1H. The first-order valence-corrected chi connectivity index (χ1v) is 8.65. The van der Waals surface area contributed by atoms with Gasteiger partial charge in [-0.25, -0.2) is 4.99 Å². The Morgan fingerprint density at radius 3 is 2.65 bits per heavy atom. The number of phenols is 1. The summed E-state index contributed by atoms with van der Waals surface area (Å²) >= 11 is 0. The van der Waals surface area contributed by atoms with E-state index in [1.807, 2.05) is 6.07 Å². The van der Waals surface area contributed by atoms with Crippen LogP contribution in [0, 0.1) is 0 Å². The van der Waals surface area contributed by atoms with Crippen LogP contribution in [0.5, 0.6) is 5.75 Å². The van der Waals surface area contributed by atoms with Gasteiger partial charge in [0, 0.05) is 25.2 Å². The lowest BCUT2D eigenvalue weighted by Crippen LogP contribution is -2.39. The summed E-state index contributed by atoms with van der Waals surface area (Å²) in [7, 11) is 0. The van der Waals surface area contributed by atoms with E-state index < -0.39 is 0 Å². The number of aromatic hydroxyl groups is 1. The second-order valence-corrected chi connectivity index (χ2v) is 6.27. The number of hydrogen-bond donors (Lipinski definition) is 2. The first-order valence-electron chi connectivity index (χ1n) is 8.65. The van der Waals surface area contributed by atoms with Gasteiger partial charge in [0.15, 0.2) is 5.96 Å². The van der Waals surface area contributed by atoms with E-state index in [1.165, 1.54) is 36.8 Å². The van der Waals surface area contributed by atoms with E-state index in [1.54, 1.807) is 0 Å². The molecule has 23 heavy (non-hydrogen) atoms. The van der Waals surface area contributed by atoms with Crippen LogP contribution in [0.1, 0.15) is 49.3 Å².